The van der Waals surface area contributed by atoms with Crippen LogP contribution in [0.15, 0.2) is 42.5 Å². The maximum atomic E-state index is 13.5. The normalized spacial score (nSPS) is 20.7. The fraction of sp³-hybridized carbons (Fsp3) is 0.417. The molecular weight excluding hydrogens is 428 g/mol. The van der Waals surface area contributed by atoms with Crippen molar-refractivity contribution in [1.82, 2.24) is 9.80 Å². The third-order valence-corrected chi connectivity index (χ3v) is 6.60. The quantitative estimate of drug-likeness (QED) is 0.763. The number of benzene rings is 2. The van der Waals surface area contributed by atoms with Gasteiger partial charge in [0, 0.05) is 56.6 Å². The number of fused-ring (bicyclic) bond motifs is 1. The number of likely N-dealkylation sites (tertiary alicyclic amines) is 1. The smallest absolute Gasteiger partial charge is 0.322 e. The molecule has 7 nitrogen and oxygen atoms in total. The first-order valence-corrected chi connectivity index (χ1v) is 11.2. The van der Waals surface area contributed by atoms with E-state index in [1.54, 1.807) is 48.2 Å². The Morgan fingerprint density at radius 2 is 1.91 bits per heavy atom. The van der Waals surface area contributed by atoms with Crippen LogP contribution < -0.4 is 10.2 Å². The highest BCUT2D eigenvalue weighted by molar-refractivity contribution is 6.30. The molecule has 1 N–H and O–H groups in total. The van der Waals surface area contributed by atoms with Crippen LogP contribution in [0.3, 0.4) is 0 Å². The number of nitrogens with zero attached hydrogens (tertiary/aromatic N) is 3. The molecular formula is C24H29ClN4O3. The maximum absolute atomic E-state index is 13.5. The Hall–Kier alpha value is -2.61. The zero-order valence-electron chi connectivity index (χ0n) is 18.7. The average Bonchev–Trinajstić information content (AvgIpc) is 3.24. The number of carbonyl (C=O) groups excluding carboxylic acids is 2. The molecule has 1 fully saturated rings. The summed E-state index contributed by atoms with van der Waals surface area (Å²) in [5.41, 5.74) is 4.04. The van der Waals surface area contributed by atoms with Crippen molar-refractivity contribution < 1.29 is 14.3 Å². The first-order valence-electron chi connectivity index (χ1n) is 10.8. The molecule has 2 aromatic carbocycles. The number of nitrogens with one attached hydrogen (secondary N) is 1. The standard InChI is InChI=1S/C24H29ClN4O3/c1-27-11-10-16-12-20(9-4-17(16)14-27)28(2)23(30)22-13-21(32-3)15-29(22)24(31)26-19-7-5-18(25)6-8-19/h4-9,12,21-22H,10-11,13-15H2,1-3H3,(H,26,31)/t21-,22-/m1/s1. The summed E-state index contributed by atoms with van der Waals surface area (Å²) in [4.78, 5) is 32.0. The van der Waals surface area contributed by atoms with Gasteiger partial charge in [-0.05, 0) is 61.0 Å². The molecule has 2 heterocycles. The Kier molecular flexibility index (Phi) is 6.69. The minimum Gasteiger partial charge on any atom is -0.380 e. The molecule has 0 bridgehead atoms. The van der Waals surface area contributed by atoms with Crippen molar-refractivity contribution in [2.75, 3.05) is 44.5 Å². The monoisotopic (exact) mass is 456 g/mol. The highest BCUT2D eigenvalue weighted by Gasteiger charge is 2.41. The first-order chi connectivity index (χ1) is 15.4. The summed E-state index contributed by atoms with van der Waals surface area (Å²) in [7, 11) is 5.49. The molecule has 0 radical (unpaired) electrons. The number of halogens is 1. The Balaban J connectivity index is 1.51. The molecule has 0 saturated carbocycles. The third-order valence-electron chi connectivity index (χ3n) is 6.35. The second-order valence-electron chi connectivity index (χ2n) is 8.54. The molecule has 0 aliphatic carbocycles. The van der Waals surface area contributed by atoms with Gasteiger partial charge in [0.1, 0.15) is 6.04 Å². The van der Waals surface area contributed by atoms with E-state index >= 15 is 0 Å². The molecule has 4 rings (SSSR count). The highest BCUT2D eigenvalue weighted by atomic mass is 35.5. The lowest BCUT2D eigenvalue weighted by Crippen LogP contribution is -2.48. The molecule has 0 unspecified atom stereocenters. The van der Waals surface area contributed by atoms with Crippen molar-refractivity contribution >= 4 is 34.9 Å². The number of rotatable bonds is 4. The van der Waals surface area contributed by atoms with Gasteiger partial charge in [-0.1, -0.05) is 17.7 Å². The van der Waals surface area contributed by atoms with Gasteiger partial charge >= 0.3 is 6.03 Å². The number of carbonyl (C=O) groups is 2. The molecule has 0 spiro atoms. The molecule has 8 heteroatoms. The van der Waals surface area contributed by atoms with Crippen LogP contribution in [0.2, 0.25) is 5.02 Å². The summed E-state index contributed by atoms with van der Waals surface area (Å²) in [6.45, 7) is 2.28. The second kappa shape index (κ2) is 9.48. The number of methoxy groups -OCH3 is 1. The number of urea groups is 1. The van der Waals surface area contributed by atoms with Crippen LogP contribution in [0.4, 0.5) is 16.2 Å². The van der Waals surface area contributed by atoms with Gasteiger partial charge in [-0.2, -0.15) is 0 Å². The van der Waals surface area contributed by atoms with E-state index < -0.39 is 6.04 Å². The Morgan fingerprint density at radius 1 is 1.16 bits per heavy atom. The van der Waals surface area contributed by atoms with E-state index in [-0.39, 0.29) is 18.0 Å². The molecule has 2 aliphatic heterocycles. The maximum Gasteiger partial charge on any atom is 0.322 e. The van der Waals surface area contributed by atoms with E-state index in [0.29, 0.717) is 23.7 Å². The lowest BCUT2D eigenvalue weighted by molar-refractivity contribution is -0.121. The molecule has 1 saturated heterocycles. The number of likely N-dealkylation sites (N-methyl/N-ethyl adjacent to an activating group) is 2. The molecule has 2 aromatic rings. The lowest BCUT2D eigenvalue weighted by atomic mass is 9.99. The summed E-state index contributed by atoms with van der Waals surface area (Å²) >= 11 is 5.93. The fourth-order valence-corrected chi connectivity index (χ4v) is 4.52. The summed E-state index contributed by atoms with van der Waals surface area (Å²) < 4.78 is 5.49. The van der Waals surface area contributed by atoms with Gasteiger partial charge in [0.25, 0.3) is 0 Å². The molecule has 2 aliphatic rings. The van der Waals surface area contributed by atoms with Crippen LogP contribution in [0.25, 0.3) is 0 Å². The van der Waals surface area contributed by atoms with Crippen LogP contribution in [0, 0.1) is 0 Å². The number of anilines is 2. The first kappa shape index (κ1) is 22.6. The molecule has 2 atom stereocenters. The Labute approximate surface area is 193 Å². The van der Waals surface area contributed by atoms with Crippen molar-refractivity contribution in [3.8, 4) is 0 Å². The SMILES string of the molecule is CO[C@@H]1C[C@H](C(=O)N(C)c2ccc3c(c2)CCN(C)C3)N(C(=O)Nc2ccc(Cl)cc2)C1. The van der Waals surface area contributed by atoms with Crippen LogP contribution >= 0.6 is 11.6 Å². The number of amides is 3. The zero-order valence-corrected chi connectivity index (χ0v) is 19.4. The van der Waals surface area contributed by atoms with E-state index in [1.807, 2.05) is 6.07 Å². The average molecular weight is 457 g/mol. The molecule has 0 aromatic heterocycles. The van der Waals surface area contributed by atoms with Crippen molar-refractivity contribution in [2.45, 2.75) is 31.5 Å². The summed E-state index contributed by atoms with van der Waals surface area (Å²) in [5, 5.41) is 3.45. The van der Waals surface area contributed by atoms with Gasteiger partial charge in [-0.3, -0.25) is 4.79 Å². The van der Waals surface area contributed by atoms with Crippen molar-refractivity contribution in [2.24, 2.45) is 0 Å². The van der Waals surface area contributed by atoms with Gasteiger partial charge in [0.2, 0.25) is 5.91 Å². The van der Waals surface area contributed by atoms with Crippen molar-refractivity contribution in [3.63, 3.8) is 0 Å². The predicted octanol–water partition coefficient (Wildman–Crippen LogP) is 3.61. The van der Waals surface area contributed by atoms with Gasteiger partial charge in [0.15, 0.2) is 0 Å². The highest BCUT2D eigenvalue weighted by Crippen LogP contribution is 2.28. The molecule has 32 heavy (non-hydrogen) atoms. The Bertz CT molecular complexity index is 997. The van der Waals surface area contributed by atoms with E-state index in [0.717, 1.165) is 25.2 Å². The molecule has 170 valence electrons. The predicted molar refractivity (Wildman–Crippen MR) is 126 cm³/mol. The number of hydrogen-bond acceptors (Lipinski definition) is 4. The summed E-state index contributed by atoms with van der Waals surface area (Å²) in [5.74, 6) is -0.122. The second-order valence-corrected chi connectivity index (χ2v) is 8.97. The van der Waals surface area contributed by atoms with Crippen molar-refractivity contribution in [1.29, 1.82) is 0 Å². The minimum atomic E-state index is -0.598. The van der Waals surface area contributed by atoms with Crippen LogP contribution in [0.5, 0.6) is 0 Å². The third kappa shape index (κ3) is 4.75. The van der Waals surface area contributed by atoms with E-state index in [9.17, 15) is 9.59 Å². The summed E-state index contributed by atoms with van der Waals surface area (Å²) in [6, 6.07) is 12.1. The van der Waals surface area contributed by atoms with Gasteiger partial charge in [0.05, 0.1) is 6.10 Å². The van der Waals surface area contributed by atoms with E-state index in [4.69, 9.17) is 16.3 Å². The van der Waals surface area contributed by atoms with Gasteiger partial charge in [-0.15, -0.1) is 0 Å². The van der Waals surface area contributed by atoms with Gasteiger partial charge < -0.3 is 24.8 Å². The van der Waals surface area contributed by atoms with Crippen molar-refractivity contribution in [3.05, 3.63) is 58.6 Å². The summed E-state index contributed by atoms with van der Waals surface area (Å²) in [6.07, 6.45) is 1.24. The topological polar surface area (TPSA) is 65.1 Å². The fourth-order valence-electron chi connectivity index (χ4n) is 4.40. The number of hydrogen-bond donors (Lipinski definition) is 1. The lowest BCUT2D eigenvalue weighted by Gasteiger charge is -2.30. The Morgan fingerprint density at radius 3 is 2.62 bits per heavy atom. The van der Waals surface area contributed by atoms with E-state index in [2.05, 4.69) is 29.4 Å². The minimum absolute atomic E-state index is 0.122. The zero-order chi connectivity index (χ0) is 22.8. The molecule has 3 amide bonds. The van der Waals surface area contributed by atoms with Crippen LogP contribution in [-0.2, 0) is 22.5 Å². The largest absolute Gasteiger partial charge is 0.380 e. The van der Waals surface area contributed by atoms with E-state index in [1.165, 1.54) is 11.1 Å². The van der Waals surface area contributed by atoms with Gasteiger partial charge in [-0.25, -0.2) is 4.79 Å². The van der Waals surface area contributed by atoms with Crippen LogP contribution in [0.1, 0.15) is 17.5 Å². The van der Waals surface area contributed by atoms with Crippen LogP contribution in [-0.4, -0.2) is 68.2 Å². The number of ether oxygens (including phenoxy) is 1.